The highest BCUT2D eigenvalue weighted by molar-refractivity contribution is 6.04. The lowest BCUT2D eigenvalue weighted by Gasteiger charge is -2.19. The third-order valence-corrected chi connectivity index (χ3v) is 2.28. The monoisotopic (exact) mass is 275 g/mol. The maximum atomic E-state index is 12.2. The fraction of sp³-hybridized carbons (Fsp3) is 0.455. The van der Waals surface area contributed by atoms with E-state index >= 15 is 0 Å². The van der Waals surface area contributed by atoms with Crippen LogP contribution in [0.25, 0.3) is 0 Å². The number of carbonyl (C=O) groups excluding carboxylic acids is 2. The van der Waals surface area contributed by atoms with Gasteiger partial charge < -0.3 is 10.1 Å². The van der Waals surface area contributed by atoms with E-state index in [1.54, 1.807) is 6.07 Å². The lowest BCUT2D eigenvalue weighted by Crippen LogP contribution is -2.42. The standard InChI is InChI=1S/C11H15F2N3O3/c12-9(13)6-16(4-5-17)7-10(18)15-11(19)8-2-1-3-14-8/h1-3,9,14,17H,4-7H2,(H,15,18,19). The fourth-order valence-corrected chi connectivity index (χ4v) is 1.48. The molecule has 0 unspecified atom stereocenters. The van der Waals surface area contributed by atoms with Gasteiger partial charge in [0.15, 0.2) is 0 Å². The van der Waals surface area contributed by atoms with Crippen LogP contribution in [-0.2, 0) is 4.79 Å². The van der Waals surface area contributed by atoms with Crippen molar-refractivity contribution in [3.05, 3.63) is 24.0 Å². The number of aliphatic hydroxyl groups is 1. The van der Waals surface area contributed by atoms with E-state index in [0.717, 1.165) is 4.90 Å². The maximum Gasteiger partial charge on any atom is 0.274 e. The zero-order chi connectivity index (χ0) is 14.3. The van der Waals surface area contributed by atoms with Gasteiger partial charge in [-0.25, -0.2) is 8.78 Å². The molecule has 19 heavy (non-hydrogen) atoms. The topological polar surface area (TPSA) is 85.4 Å². The van der Waals surface area contributed by atoms with Gasteiger partial charge in [-0.3, -0.25) is 19.8 Å². The smallest absolute Gasteiger partial charge is 0.274 e. The molecule has 2 amide bonds. The van der Waals surface area contributed by atoms with Gasteiger partial charge >= 0.3 is 0 Å². The van der Waals surface area contributed by atoms with E-state index in [2.05, 4.69) is 10.3 Å². The molecule has 1 aromatic heterocycles. The summed E-state index contributed by atoms with van der Waals surface area (Å²) in [6, 6.07) is 3.07. The Bertz CT molecular complexity index is 409. The maximum absolute atomic E-state index is 12.2. The number of nitrogens with zero attached hydrogens (tertiary/aromatic N) is 1. The number of imide groups is 1. The molecular formula is C11H15F2N3O3. The number of amides is 2. The molecule has 1 rings (SSSR count). The van der Waals surface area contributed by atoms with Crippen LogP contribution in [0.1, 0.15) is 10.5 Å². The van der Waals surface area contributed by atoms with Crippen molar-refractivity contribution in [3.8, 4) is 0 Å². The van der Waals surface area contributed by atoms with E-state index in [9.17, 15) is 18.4 Å². The van der Waals surface area contributed by atoms with E-state index in [1.807, 2.05) is 0 Å². The Kier molecular flexibility index (Phi) is 6.10. The molecule has 0 atom stereocenters. The normalized spacial score (nSPS) is 11.0. The quantitative estimate of drug-likeness (QED) is 0.645. The molecule has 0 saturated carbocycles. The SMILES string of the molecule is O=C(CN(CCO)CC(F)F)NC(=O)c1ccc[nH]1. The van der Waals surface area contributed by atoms with Gasteiger partial charge in [0, 0.05) is 12.7 Å². The lowest BCUT2D eigenvalue weighted by atomic mass is 10.4. The fourth-order valence-electron chi connectivity index (χ4n) is 1.48. The van der Waals surface area contributed by atoms with Crippen LogP contribution in [0.15, 0.2) is 18.3 Å². The minimum atomic E-state index is -2.61. The first kappa shape index (κ1) is 15.3. The molecular weight excluding hydrogens is 260 g/mol. The molecule has 0 radical (unpaired) electrons. The highest BCUT2D eigenvalue weighted by atomic mass is 19.3. The first-order chi connectivity index (χ1) is 9.02. The van der Waals surface area contributed by atoms with Crippen molar-refractivity contribution < 1.29 is 23.5 Å². The number of aromatic amines is 1. The van der Waals surface area contributed by atoms with Crippen molar-refractivity contribution >= 4 is 11.8 Å². The summed E-state index contributed by atoms with van der Waals surface area (Å²) in [7, 11) is 0. The summed E-state index contributed by atoms with van der Waals surface area (Å²) in [6.45, 7) is -1.42. The van der Waals surface area contributed by atoms with E-state index in [-0.39, 0.29) is 25.4 Å². The summed E-state index contributed by atoms with van der Waals surface area (Å²) in [5.74, 6) is -1.33. The molecule has 3 N–H and O–H groups in total. The zero-order valence-electron chi connectivity index (χ0n) is 10.1. The Balaban J connectivity index is 2.46. The molecule has 1 aromatic rings. The Hall–Kier alpha value is -1.80. The molecule has 106 valence electrons. The van der Waals surface area contributed by atoms with Crippen molar-refractivity contribution in [3.63, 3.8) is 0 Å². The number of aliphatic hydroxyl groups excluding tert-OH is 1. The summed E-state index contributed by atoms with van der Waals surface area (Å²) in [5, 5.41) is 10.8. The number of alkyl halides is 2. The molecule has 8 heteroatoms. The number of carbonyl (C=O) groups is 2. The highest BCUT2D eigenvalue weighted by Gasteiger charge is 2.17. The minimum Gasteiger partial charge on any atom is -0.395 e. The molecule has 6 nitrogen and oxygen atoms in total. The second-order valence-electron chi connectivity index (χ2n) is 3.81. The minimum absolute atomic E-state index is 0.0611. The molecule has 0 aliphatic carbocycles. The van der Waals surface area contributed by atoms with Gasteiger partial charge in [-0.1, -0.05) is 0 Å². The summed E-state index contributed by atoms with van der Waals surface area (Å²) in [4.78, 5) is 26.7. The van der Waals surface area contributed by atoms with Crippen LogP contribution in [-0.4, -0.2) is 59.5 Å². The second kappa shape index (κ2) is 7.59. The first-order valence-electron chi connectivity index (χ1n) is 5.62. The van der Waals surface area contributed by atoms with E-state index < -0.39 is 24.8 Å². The van der Waals surface area contributed by atoms with Gasteiger partial charge in [0.05, 0.1) is 19.7 Å². The Labute approximate surface area is 108 Å². The first-order valence-corrected chi connectivity index (χ1v) is 5.62. The number of H-pyrrole nitrogens is 1. The average Bonchev–Trinajstić information content (AvgIpc) is 2.81. The predicted molar refractivity (Wildman–Crippen MR) is 62.8 cm³/mol. The predicted octanol–water partition coefficient (Wildman–Crippen LogP) is -0.170. The van der Waals surface area contributed by atoms with Crippen molar-refractivity contribution in [2.75, 3.05) is 26.2 Å². The van der Waals surface area contributed by atoms with Crippen molar-refractivity contribution in [1.82, 2.24) is 15.2 Å². The van der Waals surface area contributed by atoms with Gasteiger partial charge in [-0.15, -0.1) is 0 Å². The van der Waals surface area contributed by atoms with Gasteiger partial charge in [0.1, 0.15) is 5.69 Å². The molecule has 0 fully saturated rings. The third kappa shape index (κ3) is 5.58. The van der Waals surface area contributed by atoms with Gasteiger partial charge in [-0.2, -0.15) is 0 Å². The average molecular weight is 275 g/mol. The van der Waals surface area contributed by atoms with Crippen LogP contribution in [0, 0.1) is 0 Å². The number of aromatic nitrogens is 1. The largest absolute Gasteiger partial charge is 0.395 e. The van der Waals surface area contributed by atoms with Gasteiger partial charge in [0.2, 0.25) is 5.91 Å². The Morgan fingerprint density at radius 1 is 1.47 bits per heavy atom. The van der Waals surface area contributed by atoms with E-state index in [1.165, 1.54) is 12.3 Å². The van der Waals surface area contributed by atoms with Crippen molar-refractivity contribution in [2.45, 2.75) is 6.43 Å². The molecule has 0 saturated heterocycles. The molecule has 0 bridgehead atoms. The zero-order valence-corrected chi connectivity index (χ0v) is 10.1. The number of hydrogen-bond donors (Lipinski definition) is 3. The van der Waals surface area contributed by atoms with Crippen LogP contribution in [0.5, 0.6) is 0 Å². The molecule has 0 spiro atoms. The third-order valence-electron chi connectivity index (χ3n) is 2.28. The van der Waals surface area contributed by atoms with Crippen LogP contribution in [0.3, 0.4) is 0 Å². The number of rotatable bonds is 7. The van der Waals surface area contributed by atoms with Gasteiger partial charge in [-0.05, 0) is 12.1 Å². The number of hydrogen-bond acceptors (Lipinski definition) is 4. The van der Waals surface area contributed by atoms with E-state index in [4.69, 9.17) is 5.11 Å². The molecule has 1 heterocycles. The summed E-state index contributed by atoms with van der Waals surface area (Å²) < 4.78 is 24.4. The van der Waals surface area contributed by atoms with Crippen LogP contribution < -0.4 is 5.32 Å². The Morgan fingerprint density at radius 3 is 2.74 bits per heavy atom. The van der Waals surface area contributed by atoms with Crippen molar-refractivity contribution in [1.29, 1.82) is 0 Å². The summed E-state index contributed by atoms with van der Waals surface area (Å²) >= 11 is 0. The number of nitrogens with one attached hydrogen (secondary N) is 2. The van der Waals surface area contributed by atoms with Gasteiger partial charge in [0.25, 0.3) is 12.3 Å². The number of halogens is 2. The van der Waals surface area contributed by atoms with Crippen molar-refractivity contribution in [2.24, 2.45) is 0 Å². The molecule has 0 aliphatic heterocycles. The van der Waals surface area contributed by atoms with Crippen LogP contribution >= 0.6 is 0 Å². The van der Waals surface area contributed by atoms with Crippen LogP contribution in [0.2, 0.25) is 0 Å². The second-order valence-corrected chi connectivity index (χ2v) is 3.81. The summed E-state index contributed by atoms with van der Waals surface area (Å²) in [5.41, 5.74) is 0.205. The lowest BCUT2D eigenvalue weighted by molar-refractivity contribution is -0.121. The highest BCUT2D eigenvalue weighted by Crippen LogP contribution is 1.98. The Morgan fingerprint density at radius 2 is 2.21 bits per heavy atom. The van der Waals surface area contributed by atoms with E-state index in [0.29, 0.717) is 0 Å². The molecule has 0 aromatic carbocycles. The molecule has 0 aliphatic rings. The summed E-state index contributed by atoms with van der Waals surface area (Å²) in [6.07, 6.45) is -1.09. The van der Waals surface area contributed by atoms with Crippen LogP contribution in [0.4, 0.5) is 8.78 Å².